The van der Waals surface area contributed by atoms with Crippen LogP contribution in [0.3, 0.4) is 0 Å². The summed E-state index contributed by atoms with van der Waals surface area (Å²) in [6.07, 6.45) is 2.15. The Balaban J connectivity index is 1.89. The lowest BCUT2D eigenvalue weighted by Crippen LogP contribution is -2.03. The zero-order valence-electron chi connectivity index (χ0n) is 10.8. The first-order chi connectivity index (χ1) is 9.15. The van der Waals surface area contributed by atoms with Crippen molar-refractivity contribution in [3.8, 4) is 0 Å². The lowest BCUT2D eigenvalue weighted by atomic mass is 10.3. The highest BCUT2D eigenvalue weighted by atomic mass is 79.9. The Morgan fingerprint density at radius 1 is 1.32 bits per heavy atom. The van der Waals surface area contributed by atoms with Crippen LogP contribution in [-0.4, -0.2) is 9.38 Å². The summed E-state index contributed by atoms with van der Waals surface area (Å²) in [6.45, 7) is 4.94. The third kappa shape index (κ3) is 2.40. The highest BCUT2D eigenvalue weighted by Crippen LogP contribution is 2.24. The number of thiazole rings is 1. The van der Waals surface area contributed by atoms with Crippen LogP contribution >= 0.6 is 27.3 Å². The molecule has 0 aliphatic heterocycles. The molecule has 0 bridgehead atoms. The van der Waals surface area contributed by atoms with Crippen LogP contribution in [-0.2, 0) is 6.54 Å². The number of para-hydroxylation sites is 1. The molecule has 0 saturated heterocycles. The normalized spacial score (nSPS) is 11.1. The van der Waals surface area contributed by atoms with Crippen LogP contribution in [0.5, 0.6) is 0 Å². The van der Waals surface area contributed by atoms with Crippen LogP contribution < -0.4 is 5.32 Å². The van der Waals surface area contributed by atoms with E-state index in [0.717, 1.165) is 27.4 Å². The maximum atomic E-state index is 4.60. The highest BCUT2D eigenvalue weighted by molar-refractivity contribution is 9.10. The van der Waals surface area contributed by atoms with Gasteiger partial charge in [-0.05, 0) is 41.9 Å². The van der Waals surface area contributed by atoms with Gasteiger partial charge in [0.2, 0.25) is 0 Å². The van der Waals surface area contributed by atoms with Crippen molar-refractivity contribution >= 4 is 37.9 Å². The monoisotopic (exact) mass is 335 g/mol. The zero-order valence-corrected chi connectivity index (χ0v) is 13.2. The summed E-state index contributed by atoms with van der Waals surface area (Å²) in [4.78, 5) is 6.95. The second-order valence-corrected chi connectivity index (χ2v) is 6.54. The van der Waals surface area contributed by atoms with Gasteiger partial charge in [-0.15, -0.1) is 11.3 Å². The molecule has 0 atom stereocenters. The van der Waals surface area contributed by atoms with Crippen LogP contribution in [0.25, 0.3) is 4.96 Å². The molecule has 0 spiro atoms. The van der Waals surface area contributed by atoms with Gasteiger partial charge in [0, 0.05) is 21.2 Å². The minimum Gasteiger partial charge on any atom is -0.378 e. The minimum atomic E-state index is 0.770. The third-order valence-electron chi connectivity index (χ3n) is 3.06. The molecule has 0 saturated carbocycles. The highest BCUT2D eigenvalue weighted by Gasteiger charge is 2.11. The second kappa shape index (κ2) is 4.98. The van der Waals surface area contributed by atoms with Crippen LogP contribution in [0, 0.1) is 13.8 Å². The molecule has 1 N–H and O–H groups in total. The van der Waals surface area contributed by atoms with Gasteiger partial charge in [-0.1, -0.05) is 12.1 Å². The Hall–Kier alpha value is -1.33. The average Bonchev–Trinajstić information content (AvgIpc) is 2.84. The summed E-state index contributed by atoms with van der Waals surface area (Å²) >= 11 is 5.28. The Kier molecular flexibility index (Phi) is 3.33. The largest absolute Gasteiger partial charge is 0.378 e. The number of aromatic nitrogens is 2. The molecule has 0 aliphatic rings. The first-order valence-electron chi connectivity index (χ1n) is 6.07. The zero-order chi connectivity index (χ0) is 13.4. The molecular formula is C14H14BrN3S. The van der Waals surface area contributed by atoms with Gasteiger partial charge in [-0.2, -0.15) is 0 Å². The van der Waals surface area contributed by atoms with Crippen molar-refractivity contribution in [3.05, 3.63) is 51.2 Å². The topological polar surface area (TPSA) is 29.3 Å². The van der Waals surface area contributed by atoms with E-state index in [-0.39, 0.29) is 0 Å². The summed E-state index contributed by atoms with van der Waals surface area (Å²) < 4.78 is 3.26. The van der Waals surface area contributed by atoms with Gasteiger partial charge in [0.25, 0.3) is 0 Å². The van der Waals surface area contributed by atoms with Crippen molar-refractivity contribution in [3.63, 3.8) is 0 Å². The number of anilines is 1. The van der Waals surface area contributed by atoms with Crippen molar-refractivity contribution in [2.75, 3.05) is 5.32 Å². The lowest BCUT2D eigenvalue weighted by Gasteiger charge is -2.08. The van der Waals surface area contributed by atoms with E-state index in [9.17, 15) is 0 Å². The molecule has 3 rings (SSSR count). The molecule has 2 heterocycles. The van der Waals surface area contributed by atoms with Gasteiger partial charge in [-0.3, -0.25) is 4.40 Å². The van der Waals surface area contributed by atoms with E-state index in [1.165, 1.54) is 10.6 Å². The summed E-state index contributed by atoms with van der Waals surface area (Å²) in [5, 5.41) is 3.45. The fraction of sp³-hybridized carbons (Fsp3) is 0.214. The number of imidazole rings is 1. The summed E-state index contributed by atoms with van der Waals surface area (Å²) in [7, 11) is 0. The molecule has 1 aromatic carbocycles. The maximum Gasteiger partial charge on any atom is 0.194 e. The van der Waals surface area contributed by atoms with Crippen molar-refractivity contribution in [2.24, 2.45) is 0 Å². The number of fused-ring (bicyclic) bond motifs is 1. The van der Waals surface area contributed by atoms with Gasteiger partial charge >= 0.3 is 0 Å². The van der Waals surface area contributed by atoms with Crippen LogP contribution in [0.2, 0.25) is 0 Å². The van der Waals surface area contributed by atoms with E-state index in [1.54, 1.807) is 11.3 Å². The van der Waals surface area contributed by atoms with E-state index >= 15 is 0 Å². The summed E-state index contributed by atoms with van der Waals surface area (Å²) in [5.74, 6) is 0. The molecule has 19 heavy (non-hydrogen) atoms. The van der Waals surface area contributed by atoms with E-state index in [1.807, 2.05) is 18.2 Å². The van der Waals surface area contributed by atoms with Crippen LogP contribution in [0.1, 0.15) is 16.3 Å². The quantitative estimate of drug-likeness (QED) is 0.769. The molecule has 3 nitrogen and oxygen atoms in total. The standard InChI is InChI=1S/C14H14BrN3S/c1-9-8-18-13(10(2)17-14(18)19-9)7-16-12-6-4-3-5-11(12)15/h3-6,8,16H,7H2,1-2H3. The molecule has 0 aliphatic carbocycles. The van der Waals surface area contributed by atoms with Crippen molar-refractivity contribution in [2.45, 2.75) is 20.4 Å². The molecule has 98 valence electrons. The van der Waals surface area contributed by atoms with Crippen molar-refractivity contribution in [1.82, 2.24) is 9.38 Å². The molecule has 0 amide bonds. The Morgan fingerprint density at radius 2 is 2.11 bits per heavy atom. The summed E-state index contributed by atoms with van der Waals surface area (Å²) in [6, 6.07) is 8.15. The summed E-state index contributed by atoms with van der Waals surface area (Å²) in [5.41, 5.74) is 3.41. The maximum absolute atomic E-state index is 4.60. The molecular weight excluding hydrogens is 322 g/mol. The number of nitrogens with zero attached hydrogens (tertiary/aromatic N) is 2. The number of hydrogen-bond donors (Lipinski definition) is 1. The van der Waals surface area contributed by atoms with Crippen LogP contribution in [0.4, 0.5) is 5.69 Å². The smallest absolute Gasteiger partial charge is 0.194 e. The number of benzene rings is 1. The van der Waals surface area contributed by atoms with Crippen LogP contribution in [0.15, 0.2) is 34.9 Å². The van der Waals surface area contributed by atoms with Gasteiger partial charge < -0.3 is 5.32 Å². The Labute approximate surface area is 124 Å². The Morgan fingerprint density at radius 3 is 2.89 bits per heavy atom. The second-order valence-electron chi connectivity index (χ2n) is 4.47. The number of aryl methyl sites for hydroxylation is 2. The predicted octanol–water partition coefficient (Wildman–Crippen LogP) is 4.39. The van der Waals surface area contributed by atoms with Gasteiger partial charge in [-0.25, -0.2) is 4.98 Å². The van der Waals surface area contributed by atoms with Gasteiger partial charge in [0.1, 0.15) is 0 Å². The molecule has 3 aromatic rings. The predicted molar refractivity (Wildman–Crippen MR) is 84.0 cm³/mol. The number of rotatable bonds is 3. The van der Waals surface area contributed by atoms with E-state index < -0.39 is 0 Å². The fourth-order valence-electron chi connectivity index (χ4n) is 2.11. The number of halogens is 1. The molecule has 0 fully saturated rings. The van der Waals surface area contributed by atoms with Crippen molar-refractivity contribution < 1.29 is 0 Å². The number of nitrogens with one attached hydrogen (secondary N) is 1. The van der Waals surface area contributed by atoms with E-state index in [4.69, 9.17) is 0 Å². The fourth-order valence-corrected chi connectivity index (χ4v) is 3.42. The third-order valence-corrected chi connectivity index (χ3v) is 4.65. The first kappa shape index (κ1) is 12.7. The minimum absolute atomic E-state index is 0.770. The average molecular weight is 336 g/mol. The SMILES string of the molecule is Cc1cn2c(CNc3ccccc3Br)c(C)nc2s1. The van der Waals surface area contributed by atoms with Gasteiger partial charge in [0.05, 0.1) is 17.9 Å². The molecule has 2 aromatic heterocycles. The lowest BCUT2D eigenvalue weighted by molar-refractivity contribution is 0.990. The van der Waals surface area contributed by atoms with Crippen molar-refractivity contribution in [1.29, 1.82) is 0 Å². The first-order valence-corrected chi connectivity index (χ1v) is 7.68. The Bertz CT molecular complexity index is 729. The molecule has 5 heteroatoms. The van der Waals surface area contributed by atoms with E-state index in [2.05, 4.69) is 56.7 Å². The molecule has 0 unspecified atom stereocenters. The van der Waals surface area contributed by atoms with E-state index in [0.29, 0.717) is 0 Å². The molecule has 0 radical (unpaired) electrons. The number of hydrogen-bond acceptors (Lipinski definition) is 3. The van der Waals surface area contributed by atoms with Gasteiger partial charge in [0.15, 0.2) is 4.96 Å².